The van der Waals surface area contributed by atoms with Gasteiger partial charge >= 0.3 is 0 Å². The number of hydrogen-bond acceptors (Lipinski definition) is 2. The predicted molar refractivity (Wildman–Crippen MR) is 55.8 cm³/mol. The van der Waals surface area contributed by atoms with E-state index in [4.69, 9.17) is 4.74 Å². The summed E-state index contributed by atoms with van der Waals surface area (Å²) in [5, 5.41) is 3.41. The molecule has 0 aliphatic carbocycles. The summed E-state index contributed by atoms with van der Waals surface area (Å²) in [6.45, 7) is 5.16. The van der Waals surface area contributed by atoms with E-state index < -0.39 is 0 Å². The SMILES string of the molecule is CC1COc2c1ccc1c2CNCC1. The van der Waals surface area contributed by atoms with E-state index >= 15 is 0 Å². The van der Waals surface area contributed by atoms with Gasteiger partial charge in [-0.05, 0) is 18.5 Å². The van der Waals surface area contributed by atoms with Gasteiger partial charge in [-0.2, -0.15) is 0 Å². The van der Waals surface area contributed by atoms with Gasteiger partial charge in [0.15, 0.2) is 0 Å². The van der Waals surface area contributed by atoms with Crippen LogP contribution in [0.3, 0.4) is 0 Å². The number of fused-ring (bicyclic) bond motifs is 3. The molecule has 74 valence electrons. The molecule has 0 saturated heterocycles. The Bertz CT molecular complexity index is 373. The molecule has 1 unspecified atom stereocenters. The maximum Gasteiger partial charge on any atom is 0.127 e. The van der Waals surface area contributed by atoms with E-state index in [0.717, 1.165) is 26.1 Å². The van der Waals surface area contributed by atoms with Gasteiger partial charge in [0.1, 0.15) is 5.75 Å². The highest BCUT2D eigenvalue weighted by Crippen LogP contribution is 2.38. The molecule has 0 amide bonds. The molecular formula is C12H15NO. The molecule has 2 heterocycles. The summed E-state index contributed by atoms with van der Waals surface area (Å²) >= 11 is 0. The van der Waals surface area contributed by atoms with Crippen LogP contribution in [0.4, 0.5) is 0 Å². The van der Waals surface area contributed by atoms with Crippen LogP contribution in [-0.2, 0) is 13.0 Å². The number of ether oxygens (including phenoxy) is 1. The highest BCUT2D eigenvalue weighted by Gasteiger charge is 2.25. The molecule has 3 rings (SSSR count). The van der Waals surface area contributed by atoms with E-state index in [2.05, 4.69) is 24.4 Å². The van der Waals surface area contributed by atoms with Crippen molar-refractivity contribution in [3.8, 4) is 5.75 Å². The van der Waals surface area contributed by atoms with Gasteiger partial charge in [0.05, 0.1) is 6.61 Å². The molecule has 0 spiro atoms. The van der Waals surface area contributed by atoms with Crippen LogP contribution in [0.1, 0.15) is 29.5 Å². The number of hydrogen-bond donors (Lipinski definition) is 1. The smallest absolute Gasteiger partial charge is 0.127 e. The van der Waals surface area contributed by atoms with Crippen LogP contribution in [0.2, 0.25) is 0 Å². The van der Waals surface area contributed by atoms with Crippen molar-refractivity contribution in [3.05, 3.63) is 28.8 Å². The number of rotatable bonds is 0. The Morgan fingerprint density at radius 1 is 1.43 bits per heavy atom. The topological polar surface area (TPSA) is 21.3 Å². The summed E-state index contributed by atoms with van der Waals surface area (Å²) in [4.78, 5) is 0. The first kappa shape index (κ1) is 8.30. The zero-order valence-corrected chi connectivity index (χ0v) is 8.47. The predicted octanol–water partition coefficient (Wildman–Crippen LogP) is 1.83. The highest BCUT2D eigenvalue weighted by atomic mass is 16.5. The first-order valence-corrected chi connectivity index (χ1v) is 5.34. The van der Waals surface area contributed by atoms with E-state index in [1.807, 2.05) is 0 Å². The van der Waals surface area contributed by atoms with Crippen LogP contribution in [-0.4, -0.2) is 13.2 Å². The molecule has 1 N–H and O–H groups in total. The second-order valence-electron chi connectivity index (χ2n) is 4.26. The maximum atomic E-state index is 5.77. The van der Waals surface area contributed by atoms with Gasteiger partial charge < -0.3 is 10.1 Å². The molecule has 1 aromatic rings. The summed E-state index contributed by atoms with van der Waals surface area (Å²) in [7, 11) is 0. The van der Waals surface area contributed by atoms with Gasteiger partial charge in [-0.25, -0.2) is 0 Å². The van der Waals surface area contributed by atoms with Crippen molar-refractivity contribution < 1.29 is 4.74 Å². The Labute approximate surface area is 84.3 Å². The summed E-state index contributed by atoms with van der Waals surface area (Å²) in [5.74, 6) is 1.74. The molecule has 14 heavy (non-hydrogen) atoms. The quantitative estimate of drug-likeness (QED) is 0.672. The van der Waals surface area contributed by atoms with Crippen LogP contribution in [0.15, 0.2) is 12.1 Å². The minimum atomic E-state index is 0.567. The molecule has 0 fully saturated rings. The van der Waals surface area contributed by atoms with Crippen LogP contribution in [0.5, 0.6) is 5.75 Å². The lowest BCUT2D eigenvalue weighted by atomic mass is 9.94. The fraction of sp³-hybridized carbons (Fsp3) is 0.500. The third-order valence-corrected chi connectivity index (χ3v) is 3.27. The molecule has 0 saturated carbocycles. The fourth-order valence-electron chi connectivity index (χ4n) is 2.41. The van der Waals surface area contributed by atoms with Gasteiger partial charge in [-0.1, -0.05) is 19.1 Å². The van der Waals surface area contributed by atoms with Crippen LogP contribution in [0.25, 0.3) is 0 Å². The van der Waals surface area contributed by atoms with E-state index in [0.29, 0.717) is 5.92 Å². The maximum absolute atomic E-state index is 5.77. The molecular weight excluding hydrogens is 174 g/mol. The van der Waals surface area contributed by atoms with Crippen molar-refractivity contribution in [3.63, 3.8) is 0 Å². The van der Waals surface area contributed by atoms with Crippen molar-refractivity contribution in [1.29, 1.82) is 0 Å². The largest absolute Gasteiger partial charge is 0.492 e. The van der Waals surface area contributed by atoms with E-state index in [1.54, 1.807) is 0 Å². The second kappa shape index (κ2) is 2.99. The van der Waals surface area contributed by atoms with Crippen LogP contribution < -0.4 is 10.1 Å². The second-order valence-corrected chi connectivity index (χ2v) is 4.26. The van der Waals surface area contributed by atoms with Crippen molar-refractivity contribution in [2.45, 2.75) is 25.8 Å². The molecule has 2 aliphatic rings. The molecule has 2 nitrogen and oxygen atoms in total. The van der Waals surface area contributed by atoms with Gasteiger partial charge in [-0.15, -0.1) is 0 Å². The monoisotopic (exact) mass is 189 g/mol. The summed E-state index contributed by atoms with van der Waals surface area (Å²) in [6, 6.07) is 4.53. The van der Waals surface area contributed by atoms with E-state index in [1.165, 1.54) is 22.4 Å². The van der Waals surface area contributed by atoms with Crippen molar-refractivity contribution >= 4 is 0 Å². The van der Waals surface area contributed by atoms with Crippen LogP contribution in [0, 0.1) is 0 Å². The summed E-state index contributed by atoms with van der Waals surface area (Å²) < 4.78 is 5.77. The van der Waals surface area contributed by atoms with Crippen LogP contribution >= 0.6 is 0 Å². The lowest BCUT2D eigenvalue weighted by Crippen LogP contribution is -2.23. The molecule has 0 radical (unpaired) electrons. The Balaban J connectivity index is 2.15. The standard InChI is InChI=1S/C12H15NO/c1-8-7-14-12-10(8)3-2-9-4-5-13-6-11(9)12/h2-3,8,13H,4-7H2,1H3. The van der Waals surface area contributed by atoms with Crippen molar-refractivity contribution in [2.24, 2.45) is 0 Å². The Morgan fingerprint density at radius 2 is 2.36 bits per heavy atom. The Kier molecular flexibility index (Phi) is 1.77. The zero-order valence-electron chi connectivity index (χ0n) is 8.47. The Hall–Kier alpha value is -1.02. The Morgan fingerprint density at radius 3 is 3.29 bits per heavy atom. The average Bonchev–Trinajstić information content (AvgIpc) is 2.61. The van der Waals surface area contributed by atoms with E-state index in [-0.39, 0.29) is 0 Å². The lowest BCUT2D eigenvalue weighted by molar-refractivity contribution is 0.332. The van der Waals surface area contributed by atoms with Crippen molar-refractivity contribution in [2.75, 3.05) is 13.2 Å². The lowest BCUT2D eigenvalue weighted by Gasteiger charge is -2.19. The average molecular weight is 189 g/mol. The first-order chi connectivity index (χ1) is 6.86. The minimum Gasteiger partial charge on any atom is -0.492 e. The van der Waals surface area contributed by atoms with E-state index in [9.17, 15) is 0 Å². The third-order valence-electron chi connectivity index (χ3n) is 3.27. The summed E-state index contributed by atoms with van der Waals surface area (Å²) in [6.07, 6.45) is 1.14. The fourth-order valence-corrected chi connectivity index (χ4v) is 2.41. The van der Waals surface area contributed by atoms with Gasteiger partial charge in [0, 0.05) is 23.6 Å². The third kappa shape index (κ3) is 1.07. The molecule has 1 atom stereocenters. The van der Waals surface area contributed by atoms with Crippen molar-refractivity contribution in [1.82, 2.24) is 5.32 Å². The number of benzene rings is 1. The summed E-state index contributed by atoms with van der Waals surface area (Å²) in [5.41, 5.74) is 4.27. The zero-order chi connectivity index (χ0) is 9.54. The number of nitrogens with one attached hydrogen (secondary N) is 1. The van der Waals surface area contributed by atoms with Gasteiger partial charge in [0.2, 0.25) is 0 Å². The molecule has 2 heteroatoms. The minimum absolute atomic E-state index is 0.567. The molecule has 0 aromatic heterocycles. The molecule has 1 aromatic carbocycles. The first-order valence-electron chi connectivity index (χ1n) is 5.34. The van der Waals surface area contributed by atoms with Gasteiger partial charge in [-0.3, -0.25) is 0 Å². The van der Waals surface area contributed by atoms with Gasteiger partial charge in [0.25, 0.3) is 0 Å². The highest BCUT2D eigenvalue weighted by molar-refractivity contribution is 5.51. The molecule has 0 bridgehead atoms. The molecule has 2 aliphatic heterocycles. The normalized spacial score (nSPS) is 23.9.